The zero-order valence-electron chi connectivity index (χ0n) is 10.1. The number of ether oxygens (including phenoxy) is 1. The molecular formula is C11H19NO3. The Morgan fingerprint density at radius 3 is 2.07 bits per heavy atom. The molecule has 86 valence electrons. The van der Waals surface area contributed by atoms with Crippen LogP contribution in [0.5, 0.6) is 0 Å². The van der Waals surface area contributed by atoms with Gasteiger partial charge in [0.15, 0.2) is 11.4 Å². The van der Waals surface area contributed by atoms with Crippen molar-refractivity contribution in [2.45, 2.75) is 39.2 Å². The van der Waals surface area contributed by atoms with Crippen molar-refractivity contribution in [1.29, 1.82) is 0 Å². The molecule has 0 N–H and O–H groups in total. The van der Waals surface area contributed by atoms with Crippen molar-refractivity contribution in [3.05, 3.63) is 0 Å². The van der Waals surface area contributed by atoms with E-state index in [-0.39, 0.29) is 11.2 Å². The molecule has 4 nitrogen and oxygen atoms in total. The van der Waals surface area contributed by atoms with Crippen molar-refractivity contribution in [3.63, 3.8) is 0 Å². The fourth-order valence-electron chi connectivity index (χ4n) is 1.55. The van der Waals surface area contributed by atoms with Gasteiger partial charge < -0.3 is 9.64 Å². The topological polar surface area (TPSA) is 46.6 Å². The molecular weight excluding hydrogens is 194 g/mol. The van der Waals surface area contributed by atoms with Crippen molar-refractivity contribution in [2.24, 2.45) is 5.41 Å². The van der Waals surface area contributed by atoms with Crippen LogP contribution in [-0.2, 0) is 9.53 Å². The molecule has 0 aliphatic heterocycles. The Morgan fingerprint density at radius 1 is 1.33 bits per heavy atom. The summed E-state index contributed by atoms with van der Waals surface area (Å²) in [5.41, 5.74) is -1.15. The van der Waals surface area contributed by atoms with E-state index >= 15 is 0 Å². The van der Waals surface area contributed by atoms with E-state index in [1.165, 1.54) is 11.8 Å². The Balaban J connectivity index is 2.84. The van der Waals surface area contributed by atoms with E-state index in [1.807, 2.05) is 6.92 Å². The van der Waals surface area contributed by atoms with Gasteiger partial charge in [-0.15, -0.1) is 0 Å². The summed E-state index contributed by atoms with van der Waals surface area (Å²) >= 11 is 0. The van der Waals surface area contributed by atoms with Crippen molar-refractivity contribution >= 4 is 11.9 Å². The molecule has 0 aromatic carbocycles. The highest BCUT2D eigenvalue weighted by Gasteiger charge is 2.58. The Morgan fingerprint density at radius 2 is 1.80 bits per heavy atom. The second-order valence-corrected chi connectivity index (χ2v) is 4.91. The second kappa shape index (κ2) is 3.51. The highest BCUT2D eigenvalue weighted by molar-refractivity contribution is 5.88. The SMILES string of the molecule is CC(=O)C(C)(OC(=O)N(C)C)C1(C)CC1. The average molecular weight is 213 g/mol. The summed E-state index contributed by atoms with van der Waals surface area (Å²) in [6.07, 6.45) is 1.41. The number of hydrogen-bond donors (Lipinski definition) is 0. The van der Waals surface area contributed by atoms with Gasteiger partial charge in [-0.05, 0) is 26.7 Å². The Bertz CT molecular complexity index is 294. The highest BCUT2D eigenvalue weighted by atomic mass is 16.6. The van der Waals surface area contributed by atoms with Gasteiger partial charge >= 0.3 is 6.09 Å². The van der Waals surface area contributed by atoms with Crippen LogP contribution in [0.1, 0.15) is 33.6 Å². The highest BCUT2D eigenvalue weighted by Crippen LogP contribution is 2.55. The molecule has 0 radical (unpaired) electrons. The molecule has 0 heterocycles. The smallest absolute Gasteiger partial charge is 0.410 e. The first-order valence-electron chi connectivity index (χ1n) is 5.14. The number of carbonyl (C=O) groups excluding carboxylic acids is 2. The molecule has 0 aromatic heterocycles. The van der Waals surface area contributed by atoms with Gasteiger partial charge in [-0.3, -0.25) is 4.79 Å². The first-order chi connectivity index (χ1) is 6.73. The maximum atomic E-state index is 11.6. The van der Waals surface area contributed by atoms with Crippen LogP contribution in [0.2, 0.25) is 0 Å². The third-order valence-electron chi connectivity index (χ3n) is 3.48. The van der Waals surface area contributed by atoms with Gasteiger partial charge in [0.25, 0.3) is 0 Å². The van der Waals surface area contributed by atoms with Crippen LogP contribution in [0, 0.1) is 5.41 Å². The molecule has 1 amide bonds. The first kappa shape index (κ1) is 12.0. The zero-order chi connectivity index (χ0) is 11.9. The molecule has 0 saturated heterocycles. The standard InChI is InChI=1S/C11H19NO3/c1-8(13)11(3,10(2)6-7-10)15-9(14)12(4)5/h6-7H2,1-5H3. The van der Waals surface area contributed by atoms with Crippen LogP contribution < -0.4 is 0 Å². The minimum Gasteiger partial charge on any atom is -0.435 e. The minimum absolute atomic E-state index is 0.0855. The number of carbonyl (C=O) groups is 2. The second-order valence-electron chi connectivity index (χ2n) is 4.91. The van der Waals surface area contributed by atoms with E-state index in [0.29, 0.717) is 0 Å². The fourth-order valence-corrected chi connectivity index (χ4v) is 1.55. The molecule has 1 aliphatic rings. The van der Waals surface area contributed by atoms with Gasteiger partial charge in [-0.1, -0.05) is 6.92 Å². The Kier molecular flexibility index (Phi) is 2.81. The van der Waals surface area contributed by atoms with Crippen LogP contribution in [0.4, 0.5) is 4.79 Å². The summed E-state index contributed by atoms with van der Waals surface area (Å²) in [6.45, 7) is 5.17. The summed E-state index contributed by atoms with van der Waals surface area (Å²) in [4.78, 5) is 24.4. The normalized spacial score (nSPS) is 21.4. The summed E-state index contributed by atoms with van der Waals surface area (Å²) < 4.78 is 5.33. The van der Waals surface area contributed by atoms with Crippen LogP contribution in [0.15, 0.2) is 0 Å². The van der Waals surface area contributed by atoms with Gasteiger partial charge in [0, 0.05) is 19.5 Å². The maximum Gasteiger partial charge on any atom is 0.410 e. The molecule has 0 aromatic rings. The lowest BCUT2D eigenvalue weighted by Crippen LogP contribution is -2.48. The van der Waals surface area contributed by atoms with Gasteiger partial charge in [-0.25, -0.2) is 4.79 Å². The van der Waals surface area contributed by atoms with Crippen molar-refractivity contribution in [2.75, 3.05) is 14.1 Å². The van der Waals surface area contributed by atoms with Crippen LogP contribution >= 0.6 is 0 Å². The maximum absolute atomic E-state index is 11.6. The molecule has 1 atom stereocenters. The van der Waals surface area contributed by atoms with Crippen LogP contribution in [0.3, 0.4) is 0 Å². The first-order valence-corrected chi connectivity index (χ1v) is 5.14. The number of hydrogen-bond acceptors (Lipinski definition) is 3. The monoisotopic (exact) mass is 213 g/mol. The van der Waals surface area contributed by atoms with E-state index < -0.39 is 11.7 Å². The lowest BCUT2D eigenvalue weighted by Gasteiger charge is -2.34. The summed E-state index contributed by atoms with van der Waals surface area (Å²) in [7, 11) is 3.22. The van der Waals surface area contributed by atoms with Crippen LogP contribution in [0.25, 0.3) is 0 Å². The van der Waals surface area contributed by atoms with Crippen molar-refractivity contribution in [3.8, 4) is 0 Å². The largest absolute Gasteiger partial charge is 0.435 e. The Labute approximate surface area is 90.6 Å². The number of ketones is 1. The summed E-state index contributed by atoms with van der Waals surface area (Å²) in [6, 6.07) is 0. The average Bonchev–Trinajstić information content (AvgIpc) is 2.84. The summed E-state index contributed by atoms with van der Waals surface area (Å²) in [5, 5.41) is 0. The van der Waals surface area contributed by atoms with E-state index in [4.69, 9.17) is 4.74 Å². The molecule has 4 heteroatoms. The third-order valence-corrected chi connectivity index (χ3v) is 3.48. The predicted molar refractivity (Wildman–Crippen MR) is 56.6 cm³/mol. The quantitative estimate of drug-likeness (QED) is 0.718. The number of nitrogens with zero attached hydrogens (tertiary/aromatic N) is 1. The fraction of sp³-hybridized carbons (Fsp3) is 0.818. The number of rotatable bonds is 3. The lowest BCUT2D eigenvalue weighted by atomic mass is 9.84. The molecule has 1 unspecified atom stereocenters. The lowest BCUT2D eigenvalue weighted by molar-refractivity contribution is -0.141. The summed E-state index contributed by atoms with van der Waals surface area (Å²) in [5.74, 6) is -0.0855. The Hall–Kier alpha value is -1.06. The van der Waals surface area contributed by atoms with E-state index in [9.17, 15) is 9.59 Å². The van der Waals surface area contributed by atoms with Gasteiger partial charge in [-0.2, -0.15) is 0 Å². The number of Topliss-reactive ketones (excluding diaryl/α,β-unsaturated/α-hetero) is 1. The molecule has 0 bridgehead atoms. The van der Waals surface area contributed by atoms with E-state index in [2.05, 4.69) is 0 Å². The minimum atomic E-state index is -0.978. The van der Waals surface area contributed by atoms with Crippen molar-refractivity contribution in [1.82, 2.24) is 4.90 Å². The van der Waals surface area contributed by atoms with E-state index in [0.717, 1.165) is 12.8 Å². The van der Waals surface area contributed by atoms with Crippen molar-refractivity contribution < 1.29 is 14.3 Å². The van der Waals surface area contributed by atoms with Gasteiger partial charge in [0.05, 0.1) is 0 Å². The molecule has 1 fully saturated rings. The molecule has 0 spiro atoms. The third kappa shape index (κ3) is 1.98. The molecule has 15 heavy (non-hydrogen) atoms. The molecule has 1 aliphatic carbocycles. The predicted octanol–water partition coefficient (Wildman–Crippen LogP) is 1.83. The zero-order valence-corrected chi connectivity index (χ0v) is 10.1. The molecule has 1 saturated carbocycles. The number of amides is 1. The van der Waals surface area contributed by atoms with Gasteiger partial charge in [0.2, 0.25) is 0 Å². The van der Waals surface area contributed by atoms with E-state index in [1.54, 1.807) is 21.0 Å². The van der Waals surface area contributed by atoms with Crippen LogP contribution in [-0.4, -0.2) is 36.5 Å². The molecule has 1 rings (SSSR count). The van der Waals surface area contributed by atoms with Gasteiger partial charge in [0.1, 0.15) is 0 Å².